The Hall–Kier alpha value is -2.97. The Morgan fingerprint density at radius 1 is 1.62 bits per heavy atom. The number of rotatable bonds is 7. The molecule has 0 aromatic carbocycles. The van der Waals surface area contributed by atoms with Gasteiger partial charge in [0.05, 0.1) is 12.8 Å². The van der Waals surface area contributed by atoms with Crippen LogP contribution >= 0.6 is 0 Å². The van der Waals surface area contributed by atoms with Gasteiger partial charge in [-0.25, -0.2) is 0 Å². The summed E-state index contributed by atoms with van der Waals surface area (Å²) < 4.78 is 10.2. The average Bonchev–Trinajstić information content (AvgIpc) is 3.16. The molecule has 0 saturated heterocycles. The first-order chi connectivity index (χ1) is 10.2. The second-order valence-corrected chi connectivity index (χ2v) is 3.80. The van der Waals surface area contributed by atoms with Gasteiger partial charge >= 0.3 is 0 Å². The first-order valence-electron chi connectivity index (χ1n) is 6.14. The lowest BCUT2D eigenvalue weighted by atomic mass is 10.3. The minimum atomic E-state index is -0.362. The molecule has 0 unspecified atom stereocenters. The third-order valence-electron chi connectivity index (χ3n) is 2.45. The second-order valence-electron chi connectivity index (χ2n) is 3.80. The summed E-state index contributed by atoms with van der Waals surface area (Å²) in [6, 6.07) is 1.49. The van der Waals surface area contributed by atoms with Gasteiger partial charge in [0, 0.05) is 12.6 Å². The summed E-state index contributed by atoms with van der Waals surface area (Å²) in [5.41, 5.74) is 0.156. The number of carbonyl (C=O) groups excluding carboxylic acids is 1. The molecule has 0 fully saturated rings. The third-order valence-corrected chi connectivity index (χ3v) is 2.45. The Bertz CT molecular complexity index is 631. The fraction of sp³-hybridized carbons (Fsp3) is 0.250. The number of nitrogens with one attached hydrogen (secondary N) is 1. The number of nitrogens with zero attached hydrogens (tertiary/aromatic N) is 5. The van der Waals surface area contributed by atoms with E-state index < -0.39 is 0 Å². The smallest absolute Gasteiger partial charge is 0.273 e. The van der Waals surface area contributed by atoms with Crippen molar-refractivity contribution < 1.29 is 14.1 Å². The molecule has 0 saturated carbocycles. The minimum Gasteiger partial charge on any atom is -0.462 e. The normalized spacial score (nSPS) is 11.2. The van der Waals surface area contributed by atoms with Crippen LogP contribution < -0.4 is 5.32 Å². The van der Waals surface area contributed by atoms with Gasteiger partial charge < -0.3 is 14.6 Å². The predicted octanol–water partition coefficient (Wildman–Crippen LogP) is 0.612. The molecule has 0 bridgehead atoms. The van der Waals surface area contributed by atoms with Crippen molar-refractivity contribution in [3.8, 4) is 0 Å². The Kier molecular flexibility index (Phi) is 4.80. The van der Waals surface area contributed by atoms with Crippen molar-refractivity contribution in [2.45, 2.75) is 13.5 Å². The first-order valence-corrected chi connectivity index (χ1v) is 6.14. The van der Waals surface area contributed by atoms with E-state index >= 15 is 0 Å². The molecule has 0 atom stereocenters. The predicted molar refractivity (Wildman–Crippen MR) is 71.6 cm³/mol. The van der Waals surface area contributed by atoms with Crippen LogP contribution in [0.15, 0.2) is 35.8 Å². The second kappa shape index (κ2) is 6.98. The topological polar surface area (TPSA) is 108 Å². The summed E-state index contributed by atoms with van der Waals surface area (Å²) in [5.74, 6) is 0.419. The molecule has 2 rings (SSSR count). The molecule has 2 heterocycles. The van der Waals surface area contributed by atoms with Gasteiger partial charge in [-0.05, 0) is 18.2 Å². The first kappa shape index (κ1) is 14.4. The zero-order valence-electron chi connectivity index (χ0n) is 11.4. The molecule has 1 N–H and O–H groups in total. The van der Waals surface area contributed by atoms with Crippen LogP contribution in [0.1, 0.15) is 23.2 Å². The van der Waals surface area contributed by atoms with E-state index in [1.807, 2.05) is 0 Å². The van der Waals surface area contributed by atoms with Crippen LogP contribution in [0.3, 0.4) is 0 Å². The fourth-order valence-corrected chi connectivity index (χ4v) is 1.51. The summed E-state index contributed by atoms with van der Waals surface area (Å²) >= 11 is 0. The number of tetrazole rings is 1. The maximum Gasteiger partial charge on any atom is 0.273 e. The maximum atomic E-state index is 11.9. The molecule has 2 aromatic rings. The number of hydrogen-bond donors (Lipinski definition) is 1. The lowest BCUT2D eigenvalue weighted by Crippen LogP contribution is -2.28. The summed E-state index contributed by atoms with van der Waals surface area (Å²) in [5, 5.41) is 17.4. The number of carbonyl (C=O) groups is 1. The van der Waals surface area contributed by atoms with Crippen molar-refractivity contribution in [1.29, 1.82) is 0 Å². The lowest BCUT2D eigenvalue weighted by Gasteiger charge is -2.01. The zero-order chi connectivity index (χ0) is 15.1. The summed E-state index contributed by atoms with van der Waals surface area (Å²) in [6.45, 7) is 5.98. The highest BCUT2D eigenvalue weighted by Crippen LogP contribution is 2.17. The molecular formula is C12H14N6O3. The van der Waals surface area contributed by atoms with Gasteiger partial charge in [0.15, 0.2) is 17.8 Å². The van der Waals surface area contributed by atoms with Crippen LogP contribution in [0.4, 0.5) is 0 Å². The van der Waals surface area contributed by atoms with Gasteiger partial charge in [0.2, 0.25) is 5.76 Å². The largest absolute Gasteiger partial charge is 0.462 e. The van der Waals surface area contributed by atoms with Crippen molar-refractivity contribution >= 4 is 11.7 Å². The number of aromatic nitrogens is 5. The summed E-state index contributed by atoms with van der Waals surface area (Å²) in [6.07, 6.45) is 4.27. The van der Waals surface area contributed by atoms with E-state index in [1.165, 1.54) is 23.5 Å². The standard InChI is InChI=1S/C12H14N6O3/c1-3-10(20-4-2)11-7-9(16-21-11)12(19)13-5-6-18-15-8-14-17-18/h3-4,7-8H,2,5-6H2,1H3,(H,13,19)/b10-3-. The minimum absolute atomic E-state index is 0.156. The van der Waals surface area contributed by atoms with Gasteiger partial charge in [-0.1, -0.05) is 11.7 Å². The Labute approximate surface area is 120 Å². The molecule has 9 heteroatoms. The van der Waals surface area contributed by atoms with E-state index in [0.29, 0.717) is 24.6 Å². The van der Waals surface area contributed by atoms with Gasteiger partial charge in [0.1, 0.15) is 0 Å². The van der Waals surface area contributed by atoms with Crippen molar-refractivity contribution in [2.24, 2.45) is 0 Å². The highest BCUT2D eigenvalue weighted by Gasteiger charge is 2.15. The molecule has 2 aromatic heterocycles. The van der Waals surface area contributed by atoms with Crippen molar-refractivity contribution in [3.05, 3.63) is 42.8 Å². The number of hydrogen-bond acceptors (Lipinski definition) is 7. The summed E-state index contributed by atoms with van der Waals surface area (Å²) in [7, 11) is 0. The lowest BCUT2D eigenvalue weighted by molar-refractivity contribution is 0.0942. The number of amides is 1. The van der Waals surface area contributed by atoms with Crippen LogP contribution in [0, 0.1) is 0 Å². The molecule has 0 aliphatic heterocycles. The molecule has 1 amide bonds. The van der Waals surface area contributed by atoms with E-state index in [0.717, 1.165) is 0 Å². The molecule has 0 radical (unpaired) electrons. The van der Waals surface area contributed by atoms with Crippen LogP contribution in [0.25, 0.3) is 5.76 Å². The molecule has 0 aliphatic carbocycles. The average molecular weight is 290 g/mol. The van der Waals surface area contributed by atoms with Crippen LogP contribution in [0.2, 0.25) is 0 Å². The van der Waals surface area contributed by atoms with Crippen LogP contribution in [-0.2, 0) is 11.3 Å². The molecule has 110 valence electrons. The van der Waals surface area contributed by atoms with E-state index in [4.69, 9.17) is 9.26 Å². The molecule has 21 heavy (non-hydrogen) atoms. The van der Waals surface area contributed by atoms with Crippen LogP contribution in [-0.4, -0.2) is 37.8 Å². The monoisotopic (exact) mass is 290 g/mol. The van der Waals surface area contributed by atoms with Gasteiger partial charge in [0.25, 0.3) is 5.91 Å². The number of ether oxygens (including phenoxy) is 1. The van der Waals surface area contributed by atoms with E-state index in [1.54, 1.807) is 13.0 Å². The van der Waals surface area contributed by atoms with Crippen LogP contribution in [0.5, 0.6) is 0 Å². The molecule has 9 nitrogen and oxygen atoms in total. The third kappa shape index (κ3) is 3.75. The van der Waals surface area contributed by atoms with Gasteiger partial charge in [-0.2, -0.15) is 4.80 Å². The van der Waals surface area contributed by atoms with Gasteiger partial charge in [-0.15, -0.1) is 10.2 Å². The zero-order valence-corrected chi connectivity index (χ0v) is 11.4. The SMILES string of the molecule is C=CO/C(=C\C)c1cc(C(=O)NCCn2ncnn2)no1. The van der Waals surface area contributed by atoms with E-state index in [9.17, 15) is 4.79 Å². The molecule has 0 spiro atoms. The Morgan fingerprint density at radius 3 is 3.14 bits per heavy atom. The maximum absolute atomic E-state index is 11.9. The quantitative estimate of drug-likeness (QED) is 0.744. The fourth-order valence-electron chi connectivity index (χ4n) is 1.51. The van der Waals surface area contributed by atoms with Crippen molar-refractivity contribution in [1.82, 2.24) is 30.7 Å². The Morgan fingerprint density at radius 2 is 2.48 bits per heavy atom. The highest BCUT2D eigenvalue weighted by atomic mass is 16.5. The molecule has 0 aliphatic rings. The Balaban J connectivity index is 1.91. The number of allylic oxidation sites excluding steroid dienone is 1. The van der Waals surface area contributed by atoms with Crippen molar-refractivity contribution in [3.63, 3.8) is 0 Å². The van der Waals surface area contributed by atoms with Crippen molar-refractivity contribution in [2.75, 3.05) is 6.54 Å². The highest BCUT2D eigenvalue weighted by molar-refractivity contribution is 5.92. The summed E-state index contributed by atoms with van der Waals surface area (Å²) in [4.78, 5) is 13.2. The van der Waals surface area contributed by atoms with E-state index in [-0.39, 0.29) is 11.6 Å². The molecular weight excluding hydrogens is 276 g/mol. The van der Waals surface area contributed by atoms with E-state index in [2.05, 4.69) is 32.5 Å². The van der Waals surface area contributed by atoms with Gasteiger partial charge in [-0.3, -0.25) is 4.79 Å².